The maximum Gasteiger partial charge on any atom is 0.00751 e. The van der Waals surface area contributed by atoms with E-state index in [0.717, 1.165) is 6.54 Å². The molecule has 1 aliphatic rings. The van der Waals surface area contributed by atoms with Gasteiger partial charge in [-0.2, -0.15) is 0 Å². The van der Waals surface area contributed by atoms with Gasteiger partial charge in [0, 0.05) is 12.0 Å². The van der Waals surface area contributed by atoms with Crippen molar-refractivity contribution in [2.75, 3.05) is 13.1 Å². The van der Waals surface area contributed by atoms with Crippen LogP contribution in [0.1, 0.15) is 38.2 Å². The molecule has 0 aromatic heterocycles. The van der Waals surface area contributed by atoms with Crippen LogP contribution in [-0.4, -0.2) is 13.1 Å². The lowest BCUT2D eigenvalue weighted by Crippen LogP contribution is -2.35. The minimum atomic E-state index is 0.387. The first-order chi connectivity index (χ1) is 7.37. The van der Waals surface area contributed by atoms with Gasteiger partial charge in [-0.3, -0.25) is 0 Å². The average Bonchev–Trinajstić information content (AvgIpc) is 2.56. The predicted molar refractivity (Wildman–Crippen MR) is 65.1 cm³/mol. The molecule has 0 radical (unpaired) electrons. The molecule has 1 nitrogen and oxygen atoms in total. The van der Waals surface area contributed by atoms with Gasteiger partial charge in [0.15, 0.2) is 0 Å². The van der Waals surface area contributed by atoms with Gasteiger partial charge in [-0.15, -0.1) is 0 Å². The molecule has 1 N–H and O–H groups in total. The number of rotatable bonds is 2. The predicted octanol–water partition coefficient (Wildman–Crippen LogP) is 3.11. The third-order valence-electron chi connectivity index (χ3n) is 3.79. The highest BCUT2D eigenvalue weighted by atomic mass is 14.9. The van der Waals surface area contributed by atoms with Crippen molar-refractivity contribution >= 4 is 0 Å². The number of hydrogen-bond donors (Lipinski definition) is 1. The van der Waals surface area contributed by atoms with Crippen LogP contribution in [0.4, 0.5) is 0 Å². The van der Waals surface area contributed by atoms with E-state index in [0.29, 0.717) is 5.41 Å². The van der Waals surface area contributed by atoms with Crippen LogP contribution in [0.2, 0.25) is 0 Å². The van der Waals surface area contributed by atoms with Gasteiger partial charge < -0.3 is 5.32 Å². The molecule has 82 valence electrons. The van der Waals surface area contributed by atoms with Crippen LogP contribution in [0.15, 0.2) is 30.3 Å². The number of nitrogens with one attached hydrogen (secondary N) is 1. The van der Waals surface area contributed by atoms with E-state index in [1.807, 2.05) is 0 Å². The summed E-state index contributed by atoms with van der Waals surface area (Å²) in [6.45, 7) is 4.65. The highest BCUT2D eigenvalue weighted by molar-refractivity contribution is 5.26. The Kier molecular flexibility index (Phi) is 3.42. The van der Waals surface area contributed by atoms with Crippen LogP contribution in [0.5, 0.6) is 0 Å². The zero-order valence-electron chi connectivity index (χ0n) is 9.63. The monoisotopic (exact) mass is 203 g/mol. The van der Waals surface area contributed by atoms with E-state index in [1.165, 1.54) is 37.8 Å². The van der Waals surface area contributed by atoms with Crippen molar-refractivity contribution in [3.05, 3.63) is 35.9 Å². The Morgan fingerprint density at radius 2 is 2.00 bits per heavy atom. The lowest BCUT2D eigenvalue weighted by molar-refractivity contribution is 0.376. The Labute approximate surface area is 92.9 Å². The molecular weight excluding hydrogens is 182 g/mol. The molecule has 1 aliphatic heterocycles. The van der Waals surface area contributed by atoms with Crippen LogP contribution < -0.4 is 5.32 Å². The molecule has 0 spiro atoms. The van der Waals surface area contributed by atoms with Crippen molar-refractivity contribution in [1.82, 2.24) is 5.32 Å². The molecule has 1 heterocycles. The SMILES string of the molecule is CCC1(c2ccccc2)CCCCNC1. The topological polar surface area (TPSA) is 12.0 Å². The van der Waals surface area contributed by atoms with Crippen LogP contribution in [0, 0.1) is 0 Å². The van der Waals surface area contributed by atoms with Crippen molar-refractivity contribution in [2.45, 2.75) is 38.0 Å². The smallest absolute Gasteiger partial charge is 0.00751 e. The maximum absolute atomic E-state index is 3.59. The summed E-state index contributed by atoms with van der Waals surface area (Å²) >= 11 is 0. The van der Waals surface area contributed by atoms with Crippen LogP contribution in [0.3, 0.4) is 0 Å². The van der Waals surface area contributed by atoms with Crippen LogP contribution in [-0.2, 0) is 5.41 Å². The minimum Gasteiger partial charge on any atom is -0.316 e. The molecule has 2 rings (SSSR count). The lowest BCUT2D eigenvalue weighted by Gasteiger charge is -2.32. The molecule has 0 aliphatic carbocycles. The fourth-order valence-corrected chi connectivity index (χ4v) is 2.67. The van der Waals surface area contributed by atoms with Crippen molar-refractivity contribution in [2.24, 2.45) is 0 Å². The molecule has 1 heteroatoms. The van der Waals surface area contributed by atoms with Gasteiger partial charge in [0.05, 0.1) is 0 Å². The summed E-state index contributed by atoms with van der Waals surface area (Å²) in [7, 11) is 0. The number of hydrogen-bond acceptors (Lipinski definition) is 1. The van der Waals surface area contributed by atoms with E-state index in [1.54, 1.807) is 0 Å². The standard InChI is InChI=1S/C14H21N/c1-2-14(10-6-7-11-15-12-14)13-8-4-3-5-9-13/h3-5,8-9,15H,2,6-7,10-12H2,1H3. The Balaban J connectivity index is 2.27. The highest BCUT2D eigenvalue weighted by Gasteiger charge is 2.30. The Hall–Kier alpha value is -0.820. The molecule has 15 heavy (non-hydrogen) atoms. The number of benzene rings is 1. The summed E-state index contributed by atoms with van der Waals surface area (Å²) in [5, 5.41) is 3.59. The largest absolute Gasteiger partial charge is 0.316 e. The second kappa shape index (κ2) is 4.80. The van der Waals surface area contributed by atoms with E-state index in [2.05, 4.69) is 42.6 Å². The van der Waals surface area contributed by atoms with E-state index in [-0.39, 0.29) is 0 Å². The zero-order chi connectivity index (χ0) is 10.6. The van der Waals surface area contributed by atoms with Crippen molar-refractivity contribution < 1.29 is 0 Å². The second-order valence-corrected chi connectivity index (χ2v) is 4.63. The third kappa shape index (κ3) is 2.23. The molecule has 1 saturated heterocycles. The fraction of sp³-hybridized carbons (Fsp3) is 0.571. The zero-order valence-corrected chi connectivity index (χ0v) is 9.63. The Bertz CT molecular complexity index is 283. The van der Waals surface area contributed by atoms with Gasteiger partial charge in [0.2, 0.25) is 0 Å². The molecule has 0 amide bonds. The first-order valence-corrected chi connectivity index (χ1v) is 6.14. The Morgan fingerprint density at radius 1 is 1.20 bits per heavy atom. The maximum atomic E-state index is 3.59. The molecule has 0 saturated carbocycles. The van der Waals surface area contributed by atoms with Gasteiger partial charge in [-0.05, 0) is 31.4 Å². The summed E-state index contributed by atoms with van der Waals surface area (Å²) < 4.78 is 0. The minimum absolute atomic E-state index is 0.387. The van der Waals surface area contributed by atoms with E-state index in [9.17, 15) is 0 Å². The van der Waals surface area contributed by atoms with Gasteiger partial charge >= 0.3 is 0 Å². The summed E-state index contributed by atoms with van der Waals surface area (Å²) in [6, 6.07) is 11.0. The molecule has 1 unspecified atom stereocenters. The van der Waals surface area contributed by atoms with Crippen LogP contribution in [0.25, 0.3) is 0 Å². The van der Waals surface area contributed by atoms with Crippen LogP contribution >= 0.6 is 0 Å². The van der Waals surface area contributed by atoms with Gasteiger partial charge in [0.25, 0.3) is 0 Å². The molecule has 0 bridgehead atoms. The first-order valence-electron chi connectivity index (χ1n) is 6.14. The van der Waals surface area contributed by atoms with E-state index < -0.39 is 0 Å². The molecule has 1 aromatic rings. The van der Waals surface area contributed by atoms with Crippen molar-refractivity contribution in [3.8, 4) is 0 Å². The normalized spacial score (nSPS) is 27.3. The first kappa shape index (κ1) is 10.7. The summed E-state index contributed by atoms with van der Waals surface area (Å²) in [4.78, 5) is 0. The highest BCUT2D eigenvalue weighted by Crippen LogP contribution is 2.34. The molecule has 1 atom stereocenters. The third-order valence-corrected chi connectivity index (χ3v) is 3.79. The lowest BCUT2D eigenvalue weighted by atomic mass is 9.75. The van der Waals surface area contributed by atoms with E-state index >= 15 is 0 Å². The van der Waals surface area contributed by atoms with Crippen molar-refractivity contribution in [3.63, 3.8) is 0 Å². The molecule has 1 fully saturated rings. The summed E-state index contributed by atoms with van der Waals surface area (Å²) in [6.07, 6.45) is 5.26. The Morgan fingerprint density at radius 3 is 2.73 bits per heavy atom. The van der Waals surface area contributed by atoms with Crippen molar-refractivity contribution in [1.29, 1.82) is 0 Å². The summed E-state index contributed by atoms with van der Waals surface area (Å²) in [5.74, 6) is 0. The van der Waals surface area contributed by atoms with Gasteiger partial charge in [-0.1, -0.05) is 43.7 Å². The summed E-state index contributed by atoms with van der Waals surface area (Å²) in [5.41, 5.74) is 1.90. The fourth-order valence-electron chi connectivity index (χ4n) is 2.67. The molecule has 1 aromatic carbocycles. The molecular formula is C14H21N. The average molecular weight is 203 g/mol. The van der Waals surface area contributed by atoms with E-state index in [4.69, 9.17) is 0 Å². The second-order valence-electron chi connectivity index (χ2n) is 4.63. The van der Waals surface area contributed by atoms with Gasteiger partial charge in [0.1, 0.15) is 0 Å². The quantitative estimate of drug-likeness (QED) is 0.778. The van der Waals surface area contributed by atoms with Gasteiger partial charge in [-0.25, -0.2) is 0 Å².